The Labute approximate surface area is 130 Å². The van der Waals surface area contributed by atoms with Crippen molar-refractivity contribution in [2.45, 2.75) is 58.0 Å². The maximum absolute atomic E-state index is 11.1. The molecule has 1 unspecified atom stereocenters. The molecule has 1 heterocycles. The van der Waals surface area contributed by atoms with Crippen molar-refractivity contribution < 1.29 is 5.11 Å². The molecule has 2 aromatic rings. The van der Waals surface area contributed by atoms with Crippen LogP contribution in [0.4, 0.5) is 0 Å². The van der Waals surface area contributed by atoms with Crippen molar-refractivity contribution in [3.8, 4) is 0 Å². The fraction of sp³-hybridized carbons (Fsp3) is 0.500. The molecular weight excluding hydrogens is 278 g/mol. The third kappa shape index (κ3) is 2.77. The van der Waals surface area contributed by atoms with Crippen molar-refractivity contribution in [1.29, 1.82) is 0 Å². The summed E-state index contributed by atoms with van der Waals surface area (Å²) in [6, 6.07) is 6.43. The first-order valence-electron chi connectivity index (χ1n) is 7.55. The van der Waals surface area contributed by atoms with E-state index < -0.39 is 5.60 Å². The van der Waals surface area contributed by atoms with Crippen molar-refractivity contribution in [3.63, 3.8) is 0 Å². The molecule has 0 radical (unpaired) electrons. The maximum atomic E-state index is 11.1. The summed E-state index contributed by atoms with van der Waals surface area (Å²) in [5.41, 5.74) is 4.05. The maximum Gasteiger partial charge on any atom is 0.0965 e. The predicted molar refractivity (Wildman–Crippen MR) is 87.9 cm³/mol. The van der Waals surface area contributed by atoms with Gasteiger partial charge in [0, 0.05) is 17.2 Å². The van der Waals surface area contributed by atoms with Crippen molar-refractivity contribution in [1.82, 2.24) is 4.98 Å². The fourth-order valence-electron chi connectivity index (χ4n) is 2.99. The minimum atomic E-state index is -0.742. The average Bonchev–Trinajstić information content (AvgIpc) is 2.96. The van der Waals surface area contributed by atoms with E-state index >= 15 is 0 Å². The van der Waals surface area contributed by atoms with Gasteiger partial charge in [-0.25, -0.2) is 4.98 Å². The van der Waals surface area contributed by atoms with Gasteiger partial charge in [-0.2, -0.15) is 0 Å². The molecule has 1 aliphatic rings. The zero-order chi connectivity index (χ0) is 15.3. The first kappa shape index (κ1) is 14.7. The molecule has 1 aliphatic carbocycles. The summed E-state index contributed by atoms with van der Waals surface area (Å²) in [6.07, 6.45) is 2.39. The van der Waals surface area contributed by atoms with E-state index in [9.17, 15) is 5.11 Å². The molecule has 0 amide bonds. The number of aryl methyl sites for hydroxylation is 2. The normalized spacial score (nSPS) is 21.6. The van der Waals surface area contributed by atoms with Gasteiger partial charge < -0.3 is 5.11 Å². The number of aromatic nitrogens is 1. The van der Waals surface area contributed by atoms with Gasteiger partial charge in [0.15, 0.2) is 0 Å². The van der Waals surface area contributed by atoms with E-state index in [0.717, 1.165) is 29.1 Å². The fourth-order valence-corrected chi connectivity index (χ4v) is 4.12. The summed E-state index contributed by atoms with van der Waals surface area (Å²) in [5.74, 6) is 0. The highest BCUT2D eigenvalue weighted by Gasteiger charge is 2.37. The second-order valence-electron chi connectivity index (χ2n) is 7.25. The van der Waals surface area contributed by atoms with Crippen molar-refractivity contribution in [3.05, 3.63) is 51.0 Å². The smallest absolute Gasteiger partial charge is 0.0965 e. The van der Waals surface area contributed by atoms with Gasteiger partial charge >= 0.3 is 0 Å². The van der Waals surface area contributed by atoms with Crippen LogP contribution in [0, 0.1) is 6.92 Å². The lowest BCUT2D eigenvalue weighted by Gasteiger charge is -2.23. The summed E-state index contributed by atoms with van der Waals surface area (Å²) >= 11 is 1.67. The third-order valence-electron chi connectivity index (χ3n) is 4.34. The Bertz CT molecular complexity index is 668. The largest absolute Gasteiger partial charge is 0.385 e. The van der Waals surface area contributed by atoms with Crippen molar-refractivity contribution in [2.75, 3.05) is 0 Å². The topological polar surface area (TPSA) is 33.1 Å². The number of fused-ring (bicyclic) bond motifs is 1. The van der Waals surface area contributed by atoms with Crippen LogP contribution in [0.1, 0.15) is 54.6 Å². The highest BCUT2D eigenvalue weighted by atomic mass is 32.1. The highest BCUT2D eigenvalue weighted by molar-refractivity contribution is 7.09. The minimum absolute atomic E-state index is 0.0710. The molecule has 3 heteroatoms. The third-order valence-corrected chi connectivity index (χ3v) is 5.19. The molecule has 1 aromatic carbocycles. The zero-order valence-electron chi connectivity index (χ0n) is 13.2. The van der Waals surface area contributed by atoms with Gasteiger partial charge in [-0.3, -0.25) is 0 Å². The number of benzene rings is 1. The summed E-state index contributed by atoms with van der Waals surface area (Å²) in [4.78, 5) is 4.74. The van der Waals surface area contributed by atoms with Crippen LogP contribution in [0.3, 0.4) is 0 Å². The molecule has 112 valence electrons. The van der Waals surface area contributed by atoms with Crippen molar-refractivity contribution >= 4 is 11.3 Å². The standard InChI is InChI=1S/C18H23NOS/c1-12-5-6-13-7-8-18(20,14(13)9-12)10-16-19-15(11-21-16)17(2,3)4/h5-6,9,11,20H,7-8,10H2,1-4H3. The van der Waals surface area contributed by atoms with Gasteiger partial charge in [-0.1, -0.05) is 44.5 Å². The van der Waals surface area contributed by atoms with Gasteiger partial charge in [0.05, 0.1) is 16.3 Å². The van der Waals surface area contributed by atoms with E-state index in [1.165, 1.54) is 11.1 Å². The van der Waals surface area contributed by atoms with Gasteiger partial charge in [-0.15, -0.1) is 11.3 Å². The Kier molecular flexibility index (Phi) is 3.45. The van der Waals surface area contributed by atoms with Crippen LogP contribution in [-0.4, -0.2) is 10.1 Å². The number of rotatable bonds is 2. The summed E-state index contributed by atoms with van der Waals surface area (Å²) in [5, 5.41) is 14.3. The summed E-state index contributed by atoms with van der Waals surface area (Å²) in [7, 11) is 0. The number of hydrogen-bond donors (Lipinski definition) is 1. The molecule has 0 aliphatic heterocycles. The molecule has 1 N–H and O–H groups in total. The molecule has 3 rings (SSSR count). The van der Waals surface area contributed by atoms with E-state index in [-0.39, 0.29) is 5.41 Å². The number of hydrogen-bond acceptors (Lipinski definition) is 3. The Morgan fingerprint density at radius 3 is 2.76 bits per heavy atom. The van der Waals surface area contributed by atoms with Crippen LogP contribution in [0.2, 0.25) is 0 Å². The van der Waals surface area contributed by atoms with Gasteiger partial charge in [0.2, 0.25) is 0 Å². The van der Waals surface area contributed by atoms with E-state index in [1.807, 2.05) is 0 Å². The lowest BCUT2D eigenvalue weighted by Crippen LogP contribution is -2.25. The SMILES string of the molecule is Cc1ccc2c(c1)C(O)(Cc1nc(C(C)(C)C)cs1)CC2. The monoisotopic (exact) mass is 301 g/mol. The molecule has 2 nitrogen and oxygen atoms in total. The van der Waals surface area contributed by atoms with E-state index in [1.54, 1.807) is 11.3 Å². The molecule has 0 bridgehead atoms. The molecular formula is C18H23NOS. The summed E-state index contributed by atoms with van der Waals surface area (Å²) < 4.78 is 0. The second kappa shape index (κ2) is 4.92. The van der Waals surface area contributed by atoms with Crippen LogP contribution >= 0.6 is 11.3 Å². The lowest BCUT2D eigenvalue weighted by atomic mass is 9.91. The Balaban J connectivity index is 1.89. The minimum Gasteiger partial charge on any atom is -0.385 e. The Hall–Kier alpha value is -1.19. The molecule has 0 saturated heterocycles. The zero-order valence-corrected chi connectivity index (χ0v) is 14.0. The first-order valence-corrected chi connectivity index (χ1v) is 8.43. The van der Waals surface area contributed by atoms with Crippen LogP contribution in [-0.2, 0) is 23.9 Å². The number of nitrogens with zero attached hydrogens (tertiary/aromatic N) is 1. The molecule has 21 heavy (non-hydrogen) atoms. The van der Waals surface area contributed by atoms with Gasteiger partial charge in [-0.05, 0) is 30.9 Å². The molecule has 1 aromatic heterocycles. The average molecular weight is 301 g/mol. The van der Waals surface area contributed by atoms with E-state index in [0.29, 0.717) is 6.42 Å². The second-order valence-corrected chi connectivity index (χ2v) is 8.19. The van der Waals surface area contributed by atoms with Crippen LogP contribution < -0.4 is 0 Å². The lowest BCUT2D eigenvalue weighted by molar-refractivity contribution is 0.0388. The first-order chi connectivity index (χ1) is 9.78. The van der Waals surface area contributed by atoms with E-state index in [4.69, 9.17) is 4.98 Å². The quantitative estimate of drug-likeness (QED) is 0.905. The van der Waals surface area contributed by atoms with Crippen LogP contribution in [0.5, 0.6) is 0 Å². The van der Waals surface area contributed by atoms with Crippen LogP contribution in [0.15, 0.2) is 23.6 Å². The molecule has 0 fully saturated rings. The molecule has 1 atom stereocenters. The van der Waals surface area contributed by atoms with Gasteiger partial charge in [0.1, 0.15) is 0 Å². The number of thiazole rings is 1. The van der Waals surface area contributed by atoms with Crippen LogP contribution in [0.25, 0.3) is 0 Å². The molecule has 0 saturated carbocycles. The molecule has 0 spiro atoms. The predicted octanol–water partition coefficient (Wildman–Crippen LogP) is 4.13. The van der Waals surface area contributed by atoms with E-state index in [2.05, 4.69) is 51.3 Å². The van der Waals surface area contributed by atoms with Gasteiger partial charge in [0.25, 0.3) is 0 Å². The highest BCUT2D eigenvalue weighted by Crippen LogP contribution is 2.40. The van der Waals surface area contributed by atoms with Crippen molar-refractivity contribution in [2.24, 2.45) is 0 Å². The Morgan fingerprint density at radius 2 is 2.10 bits per heavy atom. The number of aliphatic hydroxyl groups is 1. The Morgan fingerprint density at radius 1 is 1.33 bits per heavy atom. The summed E-state index contributed by atoms with van der Waals surface area (Å²) in [6.45, 7) is 8.61.